The fraction of sp³-hybridized carbons (Fsp3) is 0.292. The van der Waals surface area contributed by atoms with Crippen LogP contribution in [0.4, 0.5) is 5.69 Å². The van der Waals surface area contributed by atoms with Crippen molar-refractivity contribution < 1.29 is 33.4 Å². The Morgan fingerprint density at radius 3 is 2.36 bits per heavy atom. The fourth-order valence-electron chi connectivity index (χ4n) is 3.82. The molecule has 3 amide bonds. The van der Waals surface area contributed by atoms with Gasteiger partial charge in [-0.2, -0.15) is 0 Å². The Kier molecular flexibility index (Phi) is 5.95. The van der Waals surface area contributed by atoms with Crippen molar-refractivity contribution in [1.82, 2.24) is 4.90 Å². The van der Waals surface area contributed by atoms with Gasteiger partial charge in [-0.1, -0.05) is 26.0 Å². The van der Waals surface area contributed by atoms with Crippen molar-refractivity contribution in [3.8, 4) is 5.75 Å². The van der Waals surface area contributed by atoms with Gasteiger partial charge in [0, 0.05) is 5.56 Å². The van der Waals surface area contributed by atoms with Gasteiger partial charge in [0.05, 0.1) is 16.8 Å². The molecule has 0 fully saturated rings. The summed E-state index contributed by atoms with van der Waals surface area (Å²) in [6, 6.07) is 9.71. The third kappa shape index (κ3) is 4.34. The lowest BCUT2D eigenvalue weighted by atomic mass is 10.0. The van der Waals surface area contributed by atoms with E-state index in [1.54, 1.807) is 18.2 Å². The first-order chi connectivity index (χ1) is 15.8. The first-order valence-corrected chi connectivity index (χ1v) is 10.5. The van der Waals surface area contributed by atoms with Crippen LogP contribution in [0.5, 0.6) is 5.75 Å². The van der Waals surface area contributed by atoms with Gasteiger partial charge in [-0.15, -0.1) is 0 Å². The topological polar surface area (TPSA) is 119 Å². The number of esters is 1. The molecule has 1 unspecified atom stereocenters. The first-order valence-electron chi connectivity index (χ1n) is 10.5. The van der Waals surface area contributed by atoms with Gasteiger partial charge in [-0.05, 0) is 42.7 Å². The zero-order valence-corrected chi connectivity index (χ0v) is 18.1. The third-order valence-corrected chi connectivity index (χ3v) is 5.38. The highest BCUT2D eigenvalue weighted by Gasteiger charge is 2.43. The van der Waals surface area contributed by atoms with Crippen LogP contribution in [0.3, 0.4) is 0 Å². The standard InChI is InChI=1S/C24H22N2O7/c1-13(2)9-18(26-22(29)15-5-3-4-6-16(15)23(26)30)24(31)33-11-19(27)14-7-8-20-17(10-14)25-21(28)12-32-20/h3-8,10,13,18H,9,11-12H2,1-2H3,(H,25,28). The number of anilines is 1. The lowest BCUT2D eigenvalue weighted by molar-refractivity contribution is -0.147. The number of carbonyl (C=O) groups is 5. The monoisotopic (exact) mass is 450 g/mol. The van der Waals surface area contributed by atoms with Gasteiger partial charge in [0.2, 0.25) is 0 Å². The van der Waals surface area contributed by atoms with Crippen LogP contribution in [0.1, 0.15) is 51.3 Å². The SMILES string of the molecule is CC(C)CC(C(=O)OCC(=O)c1ccc2c(c1)NC(=O)CO2)N1C(=O)c2ccccc2C1=O. The second-order valence-corrected chi connectivity index (χ2v) is 8.25. The van der Waals surface area contributed by atoms with E-state index in [0.717, 1.165) is 4.90 Å². The first kappa shape index (κ1) is 22.2. The maximum absolute atomic E-state index is 12.9. The average Bonchev–Trinajstić information content (AvgIpc) is 3.05. The molecule has 33 heavy (non-hydrogen) atoms. The maximum atomic E-state index is 12.9. The minimum absolute atomic E-state index is 0.0215. The summed E-state index contributed by atoms with van der Waals surface area (Å²) in [5, 5.41) is 2.61. The van der Waals surface area contributed by atoms with Crippen LogP contribution in [0, 0.1) is 5.92 Å². The van der Waals surface area contributed by atoms with Gasteiger partial charge in [0.15, 0.2) is 19.0 Å². The summed E-state index contributed by atoms with van der Waals surface area (Å²) in [6.45, 7) is 3.03. The second kappa shape index (κ2) is 8.85. The summed E-state index contributed by atoms with van der Waals surface area (Å²) in [4.78, 5) is 63.6. The van der Waals surface area contributed by atoms with Gasteiger partial charge < -0.3 is 14.8 Å². The van der Waals surface area contributed by atoms with E-state index >= 15 is 0 Å². The molecule has 0 radical (unpaired) electrons. The molecule has 2 aromatic carbocycles. The van der Waals surface area contributed by atoms with Crippen LogP contribution >= 0.6 is 0 Å². The summed E-state index contributed by atoms with van der Waals surface area (Å²) < 4.78 is 10.5. The van der Waals surface area contributed by atoms with Crippen LogP contribution in [-0.4, -0.2) is 53.6 Å². The summed E-state index contributed by atoms with van der Waals surface area (Å²) >= 11 is 0. The molecule has 2 aromatic rings. The highest BCUT2D eigenvalue weighted by atomic mass is 16.5. The Morgan fingerprint density at radius 2 is 1.73 bits per heavy atom. The Bertz CT molecular complexity index is 1140. The zero-order chi connectivity index (χ0) is 23.7. The lowest BCUT2D eigenvalue weighted by Gasteiger charge is -2.26. The smallest absolute Gasteiger partial charge is 0.329 e. The average molecular weight is 450 g/mol. The van der Waals surface area contributed by atoms with Crippen molar-refractivity contribution in [2.45, 2.75) is 26.3 Å². The Labute approximate surface area is 189 Å². The van der Waals surface area contributed by atoms with Crippen molar-refractivity contribution in [2.75, 3.05) is 18.5 Å². The molecule has 0 saturated carbocycles. The summed E-state index contributed by atoms with van der Waals surface area (Å²) in [5.74, 6) is -2.38. The minimum Gasteiger partial charge on any atom is -0.482 e. The molecule has 2 aliphatic heterocycles. The number of rotatable bonds is 7. The zero-order valence-electron chi connectivity index (χ0n) is 18.1. The summed E-state index contributed by atoms with van der Waals surface area (Å²) in [6.07, 6.45) is 0.195. The van der Waals surface area contributed by atoms with Crippen LogP contribution in [0.25, 0.3) is 0 Å². The van der Waals surface area contributed by atoms with Crippen molar-refractivity contribution in [2.24, 2.45) is 5.92 Å². The summed E-state index contributed by atoms with van der Waals surface area (Å²) in [7, 11) is 0. The van der Waals surface area contributed by atoms with Crippen molar-refractivity contribution in [3.05, 3.63) is 59.2 Å². The largest absolute Gasteiger partial charge is 0.482 e. The fourth-order valence-corrected chi connectivity index (χ4v) is 3.82. The van der Waals surface area contributed by atoms with Crippen LogP contribution in [0.15, 0.2) is 42.5 Å². The highest BCUT2D eigenvalue weighted by molar-refractivity contribution is 6.22. The number of ether oxygens (including phenoxy) is 2. The number of hydrogen-bond donors (Lipinski definition) is 1. The van der Waals surface area contributed by atoms with E-state index < -0.39 is 36.2 Å². The van der Waals surface area contributed by atoms with Gasteiger partial charge >= 0.3 is 5.97 Å². The van der Waals surface area contributed by atoms with E-state index in [2.05, 4.69) is 5.32 Å². The Balaban J connectivity index is 1.48. The van der Waals surface area contributed by atoms with Gasteiger partial charge in [-0.3, -0.25) is 24.1 Å². The molecule has 4 rings (SSSR count). The maximum Gasteiger partial charge on any atom is 0.329 e. The number of imide groups is 1. The predicted octanol–water partition coefficient (Wildman–Crippen LogP) is 2.45. The molecule has 2 aliphatic rings. The molecular weight excluding hydrogens is 428 g/mol. The molecule has 0 saturated heterocycles. The third-order valence-electron chi connectivity index (χ3n) is 5.38. The van der Waals surface area contributed by atoms with Gasteiger partial charge in [0.25, 0.3) is 17.7 Å². The normalized spacial score (nSPS) is 15.5. The number of nitrogens with one attached hydrogen (secondary N) is 1. The van der Waals surface area contributed by atoms with E-state index in [1.165, 1.54) is 24.3 Å². The van der Waals surface area contributed by atoms with E-state index in [4.69, 9.17) is 9.47 Å². The van der Waals surface area contributed by atoms with Gasteiger partial charge in [-0.25, -0.2) is 4.79 Å². The number of nitrogens with zero attached hydrogens (tertiary/aromatic N) is 1. The van der Waals surface area contributed by atoms with Crippen LogP contribution < -0.4 is 10.1 Å². The molecule has 1 atom stereocenters. The molecule has 0 aliphatic carbocycles. The molecule has 9 heteroatoms. The Hall–Kier alpha value is -4.01. The number of fused-ring (bicyclic) bond motifs is 2. The molecule has 2 heterocycles. The van der Waals surface area contributed by atoms with Crippen molar-refractivity contribution in [3.63, 3.8) is 0 Å². The van der Waals surface area contributed by atoms with E-state index in [1.807, 2.05) is 13.8 Å². The van der Waals surface area contributed by atoms with Crippen molar-refractivity contribution in [1.29, 1.82) is 0 Å². The van der Waals surface area contributed by atoms with E-state index in [-0.39, 0.29) is 41.5 Å². The highest BCUT2D eigenvalue weighted by Crippen LogP contribution is 2.29. The molecule has 9 nitrogen and oxygen atoms in total. The van der Waals surface area contributed by atoms with Crippen LogP contribution in [0.2, 0.25) is 0 Å². The number of amides is 3. The van der Waals surface area contributed by atoms with Crippen molar-refractivity contribution >= 4 is 35.2 Å². The second-order valence-electron chi connectivity index (χ2n) is 8.25. The van der Waals surface area contributed by atoms with E-state index in [9.17, 15) is 24.0 Å². The molecule has 170 valence electrons. The molecule has 0 aromatic heterocycles. The number of benzene rings is 2. The lowest BCUT2D eigenvalue weighted by Crippen LogP contribution is -2.46. The molecular formula is C24H22N2O7. The quantitative estimate of drug-likeness (QED) is 0.391. The number of carbonyl (C=O) groups excluding carboxylic acids is 5. The van der Waals surface area contributed by atoms with E-state index in [0.29, 0.717) is 11.4 Å². The number of ketones is 1. The molecule has 0 spiro atoms. The molecule has 1 N–H and O–H groups in total. The Morgan fingerprint density at radius 1 is 1.06 bits per heavy atom. The number of hydrogen-bond acceptors (Lipinski definition) is 7. The number of Topliss-reactive ketones (excluding diaryl/α,β-unsaturated/α-hetero) is 1. The predicted molar refractivity (Wildman–Crippen MR) is 116 cm³/mol. The molecule has 0 bridgehead atoms. The van der Waals surface area contributed by atoms with Gasteiger partial charge in [0.1, 0.15) is 11.8 Å². The minimum atomic E-state index is -1.15. The van der Waals surface area contributed by atoms with Crippen LogP contribution in [-0.2, 0) is 14.3 Å². The summed E-state index contributed by atoms with van der Waals surface area (Å²) in [5.41, 5.74) is 1.04.